The number of hydrogen-bond donors (Lipinski definition) is 0. The number of aromatic nitrogens is 2. The van der Waals surface area contributed by atoms with Crippen LogP contribution in [0.25, 0.3) is 0 Å². The van der Waals surface area contributed by atoms with E-state index in [9.17, 15) is 4.79 Å². The molecule has 2 aromatic rings. The minimum absolute atomic E-state index is 0.0126. The predicted octanol–water partition coefficient (Wildman–Crippen LogP) is 3.36. The summed E-state index contributed by atoms with van der Waals surface area (Å²) in [4.78, 5) is 11.6. The summed E-state index contributed by atoms with van der Waals surface area (Å²) in [6, 6.07) is 7.90. The topological polar surface area (TPSA) is 61.3 Å². The number of halogens is 2. The molecule has 2 rings (SSSR count). The average molecular weight is 299 g/mol. The lowest BCUT2D eigenvalue weighted by molar-refractivity contribution is 0.0596. The average Bonchev–Trinajstić information content (AvgIpc) is 2.42. The van der Waals surface area contributed by atoms with Gasteiger partial charge in [-0.3, -0.25) is 0 Å². The standard InChI is InChI=1S/C12H8Cl2N2O3/c1-18-12(17)9-6-10(14)15-16-11(9)19-8-4-2-7(13)3-5-8/h2-6H,1H3. The fourth-order valence-electron chi connectivity index (χ4n) is 1.30. The minimum Gasteiger partial charge on any atom is -0.465 e. The Bertz CT molecular complexity index is 602. The fraction of sp³-hybridized carbons (Fsp3) is 0.0833. The molecule has 0 saturated carbocycles. The lowest BCUT2D eigenvalue weighted by Crippen LogP contribution is -2.06. The molecule has 0 aliphatic rings. The van der Waals surface area contributed by atoms with Crippen LogP contribution in [-0.4, -0.2) is 23.3 Å². The van der Waals surface area contributed by atoms with E-state index in [1.54, 1.807) is 24.3 Å². The summed E-state index contributed by atoms with van der Waals surface area (Å²) < 4.78 is 10.1. The number of hydrogen-bond acceptors (Lipinski definition) is 5. The SMILES string of the molecule is COC(=O)c1cc(Cl)nnc1Oc1ccc(Cl)cc1. The Balaban J connectivity index is 2.34. The molecule has 0 amide bonds. The fourth-order valence-corrected chi connectivity index (χ4v) is 1.58. The highest BCUT2D eigenvalue weighted by Gasteiger charge is 2.17. The molecule has 0 aliphatic carbocycles. The summed E-state index contributed by atoms with van der Waals surface area (Å²) in [6.45, 7) is 0. The number of ether oxygens (including phenoxy) is 2. The van der Waals surface area contributed by atoms with Gasteiger partial charge in [0.05, 0.1) is 7.11 Å². The largest absolute Gasteiger partial charge is 0.465 e. The maximum Gasteiger partial charge on any atom is 0.343 e. The Morgan fingerprint density at radius 1 is 1.16 bits per heavy atom. The van der Waals surface area contributed by atoms with Gasteiger partial charge in [0.2, 0.25) is 0 Å². The van der Waals surface area contributed by atoms with Crippen molar-refractivity contribution < 1.29 is 14.3 Å². The number of methoxy groups -OCH3 is 1. The molecule has 0 unspecified atom stereocenters. The Kier molecular flexibility index (Phi) is 4.19. The third-order valence-corrected chi connectivity index (χ3v) is 2.60. The number of esters is 1. The van der Waals surface area contributed by atoms with Gasteiger partial charge in [0.1, 0.15) is 11.3 Å². The summed E-state index contributed by atoms with van der Waals surface area (Å²) in [5.74, 6) is -0.134. The first kappa shape index (κ1) is 13.6. The van der Waals surface area contributed by atoms with Crippen LogP contribution in [0.1, 0.15) is 10.4 Å². The lowest BCUT2D eigenvalue weighted by atomic mass is 10.3. The molecule has 98 valence electrons. The first-order valence-corrected chi connectivity index (χ1v) is 5.90. The molecule has 1 heterocycles. The Labute approximate surface area is 119 Å². The Morgan fingerprint density at radius 3 is 2.47 bits per heavy atom. The van der Waals surface area contributed by atoms with Crippen molar-refractivity contribution in [3.8, 4) is 11.6 Å². The van der Waals surface area contributed by atoms with Crippen molar-refractivity contribution >= 4 is 29.2 Å². The molecule has 19 heavy (non-hydrogen) atoms. The van der Waals surface area contributed by atoms with Gasteiger partial charge in [-0.15, -0.1) is 10.2 Å². The van der Waals surface area contributed by atoms with Gasteiger partial charge in [-0.1, -0.05) is 23.2 Å². The molecule has 0 aliphatic heterocycles. The second-order valence-corrected chi connectivity index (χ2v) is 4.26. The zero-order chi connectivity index (χ0) is 13.8. The molecule has 0 saturated heterocycles. The van der Waals surface area contributed by atoms with Crippen LogP contribution in [0.4, 0.5) is 0 Å². The van der Waals surface area contributed by atoms with E-state index >= 15 is 0 Å². The normalized spacial score (nSPS) is 10.1. The van der Waals surface area contributed by atoms with Crippen LogP contribution in [-0.2, 0) is 4.74 Å². The highest BCUT2D eigenvalue weighted by Crippen LogP contribution is 2.25. The van der Waals surface area contributed by atoms with Crippen LogP contribution >= 0.6 is 23.2 Å². The van der Waals surface area contributed by atoms with Crippen LogP contribution in [0.2, 0.25) is 10.2 Å². The van der Waals surface area contributed by atoms with E-state index in [2.05, 4.69) is 14.9 Å². The molecular weight excluding hydrogens is 291 g/mol. The van der Waals surface area contributed by atoms with Crippen LogP contribution in [0.5, 0.6) is 11.6 Å². The second-order valence-electron chi connectivity index (χ2n) is 3.43. The van der Waals surface area contributed by atoms with Crippen molar-refractivity contribution in [1.82, 2.24) is 10.2 Å². The quantitative estimate of drug-likeness (QED) is 0.813. The van der Waals surface area contributed by atoms with Gasteiger partial charge < -0.3 is 9.47 Å². The molecule has 5 nitrogen and oxygen atoms in total. The lowest BCUT2D eigenvalue weighted by Gasteiger charge is -2.08. The van der Waals surface area contributed by atoms with E-state index in [1.165, 1.54) is 13.2 Å². The second kappa shape index (κ2) is 5.86. The van der Waals surface area contributed by atoms with Gasteiger partial charge in [-0.05, 0) is 30.3 Å². The van der Waals surface area contributed by atoms with E-state index in [0.29, 0.717) is 10.8 Å². The molecule has 0 atom stereocenters. The minimum atomic E-state index is -0.610. The maximum absolute atomic E-state index is 11.6. The third-order valence-electron chi connectivity index (χ3n) is 2.16. The zero-order valence-corrected chi connectivity index (χ0v) is 11.3. The van der Waals surface area contributed by atoms with Crippen LogP contribution in [0.15, 0.2) is 30.3 Å². The zero-order valence-electron chi connectivity index (χ0n) is 9.76. The van der Waals surface area contributed by atoms with E-state index in [4.69, 9.17) is 27.9 Å². The predicted molar refractivity (Wildman–Crippen MR) is 69.9 cm³/mol. The van der Waals surface area contributed by atoms with Crippen molar-refractivity contribution in [1.29, 1.82) is 0 Å². The van der Waals surface area contributed by atoms with Gasteiger partial charge >= 0.3 is 5.97 Å². The van der Waals surface area contributed by atoms with E-state index < -0.39 is 5.97 Å². The monoisotopic (exact) mass is 298 g/mol. The van der Waals surface area contributed by atoms with Gasteiger partial charge in [-0.25, -0.2) is 4.79 Å². The summed E-state index contributed by atoms with van der Waals surface area (Å²) in [5, 5.41) is 8.00. The number of carbonyl (C=O) groups excluding carboxylic acids is 1. The Morgan fingerprint density at radius 2 is 1.84 bits per heavy atom. The van der Waals surface area contributed by atoms with Crippen LogP contribution in [0.3, 0.4) is 0 Å². The molecule has 0 N–H and O–H groups in total. The van der Waals surface area contributed by atoms with Gasteiger partial charge in [-0.2, -0.15) is 0 Å². The van der Waals surface area contributed by atoms with Crippen molar-refractivity contribution in [3.05, 3.63) is 46.1 Å². The number of benzene rings is 1. The molecule has 7 heteroatoms. The smallest absolute Gasteiger partial charge is 0.343 e. The first-order chi connectivity index (χ1) is 9.10. The summed E-state index contributed by atoms with van der Waals surface area (Å²) in [5.41, 5.74) is 0.0949. The van der Waals surface area contributed by atoms with E-state index in [-0.39, 0.29) is 16.6 Å². The van der Waals surface area contributed by atoms with Crippen LogP contribution < -0.4 is 4.74 Å². The molecule has 0 bridgehead atoms. The summed E-state index contributed by atoms with van der Waals surface area (Å²) in [7, 11) is 1.25. The van der Waals surface area contributed by atoms with E-state index in [1.807, 2.05) is 0 Å². The number of carbonyl (C=O) groups is 1. The third kappa shape index (κ3) is 3.33. The molecule has 0 radical (unpaired) electrons. The van der Waals surface area contributed by atoms with Crippen LogP contribution in [0, 0.1) is 0 Å². The Hall–Kier alpha value is -1.85. The molecule has 0 fully saturated rings. The van der Waals surface area contributed by atoms with Gasteiger partial charge in [0.15, 0.2) is 5.15 Å². The summed E-state index contributed by atoms with van der Waals surface area (Å²) >= 11 is 11.5. The van der Waals surface area contributed by atoms with Crippen molar-refractivity contribution in [2.24, 2.45) is 0 Å². The molecule has 1 aromatic carbocycles. The van der Waals surface area contributed by atoms with Crippen molar-refractivity contribution in [2.45, 2.75) is 0 Å². The highest BCUT2D eigenvalue weighted by atomic mass is 35.5. The van der Waals surface area contributed by atoms with Crippen molar-refractivity contribution in [2.75, 3.05) is 7.11 Å². The first-order valence-electron chi connectivity index (χ1n) is 5.15. The molecule has 1 aromatic heterocycles. The highest BCUT2D eigenvalue weighted by molar-refractivity contribution is 6.30. The van der Waals surface area contributed by atoms with Gasteiger partial charge in [0, 0.05) is 5.02 Å². The number of rotatable bonds is 3. The summed E-state index contributed by atoms with van der Waals surface area (Å²) in [6.07, 6.45) is 0. The van der Waals surface area contributed by atoms with Gasteiger partial charge in [0.25, 0.3) is 5.88 Å². The maximum atomic E-state index is 11.6. The van der Waals surface area contributed by atoms with E-state index in [0.717, 1.165) is 0 Å². The molecular formula is C12H8Cl2N2O3. The number of nitrogens with zero attached hydrogens (tertiary/aromatic N) is 2. The van der Waals surface area contributed by atoms with Crippen molar-refractivity contribution in [3.63, 3.8) is 0 Å². The molecule has 0 spiro atoms.